The molecule has 7 nitrogen and oxygen atoms in total. The topological polar surface area (TPSA) is 97.6 Å². The van der Waals surface area contributed by atoms with Crippen molar-refractivity contribution in [3.8, 4) is 0 Å². The highest BCUT2D eigenvalue weighted by Gasteiger charge is 2.23. The van der Waals surface area contributed by atoms with Gasteiger partial charge in [0.1, 0.15) is 0 Å². The Morgan fingerprint density at radius 3 is 2.92 bits per heavy atom. The number of carbonyl (C=O) groups is 1. The molecule has 25 heavy (non-hydrogen) atoms. The Morgan fingerprint density at radius 2 is 2.20 bits per heavy atom. The molecular weight excluding hydrogens is 322 g/mol. The summed E-state index contributed by atoms with van der Waals surface area (Å²) in [4.78, 5) is 30.9. The van der Waals surface area contributed by atoms with Gasteiger partial charge in [0.2, 0.25) is 0 Å². The quantitative estimate of drug-likeness (QED) is 0.521. The van der Waals surface area contributed by atoms with Crippen molar-refractivity contribution in [3.05, 3.63) is 62.5 Å². The summed E-state index contributed by atoms with van der Waals surface area (Å²) in [6.45, 7) is 4.11. The predicted octanol–water partition coefficient (Wildman–Crippen LogP) is 3.69. The molecule has 1 heterocycles. The minimum atomic E-state index is -0.700. The number of rotatable bonds is 4. The van der Waals surface area contributed by atoms with Crippen LogP contribution in [0, 0.1) is 17.0 Å². The zero-order valence-corrected chi connectivity index (χ0v) is 14.2. The third kappa shape index (κ3) is 3.31. The van der Waals surface area contributed by atoms with Gasteiger partial charge in [-0.05, 0) is 44.2 Å². The number of benzene rings is 1. The summed E-state index contributed by atoms with van der Waals surface area (Å²) >= 11 is 0. The molecule has 1 aromatic carbocycles. The molecule has 0 radical (unpaired) electrons. The Kier molecular flexibility index (Phi) is 4.65. The van der Waals surface area contributed by atoms with Crippen molar-refractivity contribution >= 4 is 17.4 Å². The van der Waals surface area contributed by atoms with Crippen LogP contribution >= 0.6 is 0 Å². The summed E-state index contributed by atoms with van der Waals surface area (Å²) in [5.74, 6) is -0.700. The number of carbonyl (C=O) groups excluding carboxylic acids is 1. The lowest BCUT2D eigenvalue weighted by Crippen LogP contribution is -2.14. The highest BCUT2D eigenvalue weighted by Crippen LogP contribution is 2.28. The van der Waals surface area contributed by atoms with Crippen LogP contribution in [0.2, 0.25) is 0 Å². The number of aryl methyl sites for hydroxylation is 2. The zero-order valence-electron chi connectivity index (χ0n) is 14.2. The summed E-state index contributed by atoms with van der Waals surface area (Å²) in [7, 11) is 0. The smallest absolute Gasteiger partial charge is 0.362 e. The van der Waals surface area contributed by atoms with Gasteiger partial charge in [0, 0.05) is 29.1 Å². The van der Waals surface area contributed by atoms with Crippen molar-refractivity contribution in [1.82, 2.24) is 4.98 Å². The van der Waals surface area contributed by atoms with E-state index in [1.165, 1.54) is 29.8 Å². The molecular formula is C18H19N3O4. The van der Waals surface area contributed by atoms with Crippen LogP contribution < -0.4 is 0 Å². The molecule has 0 saturated heterocycles. The van der Waals surface area contributed by atoms with E-state index in [9.17, 15) is 14.9 Å². The Bertz CT molecular complexity index is 867. The lowest BCUT2D eigenvalue weighted by Gasteiger charge is -2.14. The molecule has 0 fully saturated rings. The SMILES string of the molecule is CCc1c(C)[nH]c2c1C(=NOC(=O)c1cccc([N+](=O)[O-])c1)CCC2. The molecule has 1 aliphatic rings. The van der Waals surface area contributed by atoms with Gasteiger partial charge in [-0.15, -0.1) is 0 Å². The van der Waals surface area contributed by atoms with Gasteiger partial charge in [-0.2, -0.15) is 0 Å². The third-order valence-corrected chi connectivity index (χ3v) is 4.41. The number of nitrogens with zero attached hydrogens (tertiary/aromatic N) is 2. The van der Waals surface area contributed by atoms with Gasteiger partial charge in [-0.25, -0.2) is 4.79 Å². The normalized spacial score (nSPS) is 15.0. The van der Waals surface area contributed by atoms with E-state index in [2.05, 4.69) is 17.1 Å². The van der Waals surface area contributed by atoms with Gasteiger partial charge in [0.05, 0.1) is 16.2 Å². The molecule has 1 aromatic heterocycles. The number of nitro groups is 1. The number of hydrogen-bond donors (Lipinski definition) is 1. The van der Waals surface area contributed by atoms with Crippen LogP contribution in [0.1, 0.15) is 52.6 Å². The van der Waals surface area contributed by atoms with Crippen LogP contribution in [0.15, 0.2) is 29.4 Å². The van der Waals surface area contributed by atoms with E-state index in [1.807, 2.05) is 6.92 Å². The number of nitro benzene ring substituents is 1. The van der Waals surface area contributed by atoms with E-state index >= 15 is 0 Å². The highest BCUT2D eigenvalue weighted by molar-refractivity contribution is 6.04. The van der Waals surface area contributed by atoms with Crippen LogP contribution in [0.3, 0.4) is 0 Å². The van der Waals surface area contributed by atoms with Crippen LogP contribution in [0.4, 0.5) is 5.69 Å². The van der Waals surface area contributed by atoms with E-state index in [4.69, 9.17) is 4.84 Å². The van der Waals surface area contributed by atoms with Crippen molar-refractivity contribution in [3.63, 3.8) is 0 Å². The minimum Gasteiger partial charge on any atom is -0.362 e. The van der Waals surface area contributed by atoms with Crippen molar-refractivity contribution < 1.29 is 14.6 Å². The van der Waals surface area contributed by atoms with E-state index < -0.39 is 10.9 Å². The van der Waals surface area contributed by atoms with Gasteiger partial charge < -0.3 is 9.82 Å². The number of hydrogen-bond acceptors (Lipinski definition) is 5. The first kappa shape index (κ1) is 16.9. The van der Waals surface area contributed by atoms with Gasteiger partial charge >= 0.3 is 5.97 Å². The number of H-pyrrole nitrogens is 1. The van der Waals surface area contributed by atoms with Crippen LogP contribution in [0.5, 0.6) is 0 Å². The highest BCUT2D eigenvalue weighted by atomic mass is 16.7. The summed E-state index contributed by atoms with van der Waals surface area (Å²) in [5.41, 5.74) is 5.20. The summed E-state index contributed by atoms with van der Waals surface area (Å²) < 4.78 is 0. The molecule has 0 saturated carbocycles. The average Bonchev–Trinajstić information content (AvgIpc) is 2.95. The fourth-order valence-electron chi connectivity index (χ4n) is 3.26. The fourth-order valence-corrected chi connectivity index (χ4v) is 3.26. The number of aromatic amines is 1. The largest absolute Gasteiger partial charge is 0.365 e. The van der Waals surface area contributed by atoms with Crippen molar-refractivity contribution in [1.29, 1.82) is 0 Å². The Balaban J connectivity index is 1.85. The molecule has 0 unspecified atom stereocenters. The third-order valence-electron chi connectivity index (χ3n) is 4.41. The van der Waals surface area contributed by atoms with Crippen molar-refractivity contribution in [2.75, 3.05) is 0 Å². The summed E-state index contributed by atoms with van der Waals surface area (Å²) in [5, 5.41) is 14.9. The maximum absolute atomic E-state index is 12.2. The second kappa shape index (κ2) is 6.88. The van der Waals surface area contributed by atoms with Crippen LogP contribution in [-0.4, -0.2) is 21.6 Å². The maximum Gasteiger partial charge on any atom is 0.365 e. The minimum absolute atomic E-state index is 0.107. The molecule has 0 spiro atoms. The van der Waals surface area contributed by atoms with Crippen molar-refractivity contribution in [2.24, 2.45) is 5.16 Å². The Labute approximate surface area is 144 Å². The van der Waals surface area contributed by atoms with Gasteiger partial charge in [0.25, 0.3) is 5.69 Å². The Hall–Kier alpha value is -2.96. The van der Waals surface area contributed by atoms with E-state index in [-0.39, 0.29) is 11.3 Å². The molecule has 130 valence electrons. The molecule has 0 amide bonds. The standard InChI is InChI=1S/C18H19N3O4/c1-3-14-11(2)19-15-8-5-9-16(17(14)15)20-25-18(22)12-6-4-7-13(10-12)21(23)24/h4,6-7,10,19H,3,5,8-9H2,1-2H3. The number of fused-ring (bicyclic) bond motifs is 1. The summed E-state index contributed by atoms with van der Waals surface area (Å²) in [6.07, 6.45) is 3.49. The molecule has 1 N–H and O–H groups in total. The van der Waals surface area contributed by atoms with E-state index in [1.54, 1.807) is 0 Å². The lowest BCUT2D eigenvalue weighted by molar-refractivity contribution is -0.384. The molecule has 0 atom stereocenters. The number of aromatic nitrogens is 1. The van der Waals surface area contributed by atoms with Crippen LogP contribution in [0.25, 0.3) is 0 Å². The van der Waals surface area contributed by atoms with Gasteiger partial charge in [-0.1, -0.05) is 18.1 Å². The molecule has 1 aliphatic carbocycles. The first-order chi connectivity index (χ1) is 12.0. The number of nitrogens with one attached hydrogen (secondary N) is 1. The first-order valence-electron chi connectivity index (χ1n) is 8.24. The van der Waals surface area contributed by atoms with Gasteiger partial charge in [0.15, 0.2) is 0 Å². The molecule has 7 heteroatoms. The fraction of sp³-hybridized carbons (Fsp3) is 0.333. The monoisotopic (exact) mass is 341 g/mol. The van der Waals surface area contributed by atoms with E-state index in [0.717, 1.165) is 48.3 Å². The lowest BCUT2D eigenvalue weighted by atomic mass is 9.92. The van der Waals surface area contributed by atoms with Gasteiger partial charge in [-0.3, -0.25) is 10.1 Å². The Morgan fingerprint density at radius 1 is 1.40 bits per heavy atom. The first-order valence-corrected chi connectivity index (χ1v) is 8.24. The number of oxime groups is 1. The van der Waals surface area contributed by atoms with E-state index in [0.29, 0.717) is 0 Å². The molecule has 0 bridgehead atoms. The predicted molar refractivity (Wildman–Crippen MR) is 92.9 cm³/mol. The summed E-state index contributed by atoms with van der Waals surface area (Å²) in [6, 6.07) is 5.43. The molecule has 2 aromatic rings. The van der Waals surface area contributed by atoms with Crippen molar-refractivity contribution in [2.45, 2.75) is 39.5 Å². The average molecular weight is 341 g/mol. The molecule has 3 rings (SSSR count). The second-order valence-electron chi connectivity index (χ2n) is 6.01. The molecule has 0 aliphatic heterocycles. The number of non-ortho nitro benzene ring substituents is 1. The maximum atomic E-state index is 12.2. The second-order valence-corrected chi connectivity index (χ2v) is 6.01. The zero-order chi connectivity index (χ0) is 18.0. The van der Waals surface area contributed by atoms with Crippen LogP contribution in [-0.2, 0) is 17.7 Å².